The quantitative estimate of drug-likeness (QED) is 0.908. The van der Waals surface area contributed by atoms with Crippen molar-refractivity contribution in [3.05, 3.63) is 26.6 Å². The second-order valence-corrected chi connectivity index (χ2v) is 8.87. The maximum atomic E-state index is 12.2. The molecule has 0 amide bonds. The van der Waals surface area contributed by atoms with E-state index in [1.54, 1.807) is 11.3 Å². The molecule has 1 unspecified atom stereocenters. The first-order chi connectivity index (χ1) is 9.98. The molecule has 1 aliphatic rings. The molecule has 1 fully saturated rings. The van der Waals surface area contributed by atoms with Crippen molar-refractivity contribution in [3.8, 4) is 0 Å². The van der Waals surface area contributed by atoms with Gasteiger partial charge in [0.2, 0.25) is 0 Å². The van der Waals surface area contributed by atoms with E-state index in [4.69, 9.17) is 0 Å². The van der Waals surface area contributed by atoms with Gasteiger partial charge in [-0.25, -0.2) is 4.98 Å². The second kappa shape index (κ2) is 5.74. The highest BCUT2D eigenvalue weighted by atomic mass is 32.2. The molecule has 0 spiro atoms. The van der Waals surface area contributed by atoms with Crippen molar-refractivity contribution in [2.24, 2.45) is 0 Å². The Morgan fingerprint density at radius 3 is 2.95 bits per heavy atom. The number of thiophene rings is 1. The molecule has 0 aliphatic carbocycles. The van der Waals surface area contributed by atoms with Crippen LogP contribution in [0.2, 0.25) is 0 Å². The first-order valence-corrected chi connectivity index (χ1v) is 9.12. The number of fused-ring (bicyclic) bond motifs is 1. The largest absolute Gasteiger partial charge is 0.309 e. The fraction of sp³-hybridized carbons (Fsp3) is 0.600. The summed E-state index contributed by atoms with van der Waals surface area (Å²) in [5, 5.41) is 4.20. The minimum Gasteiger partial charge on any atom is -0.309 e. The molecule has 4 nitrogen and oxygen atoms in total. The molecule has 2 aromatic heterocycles. The number of aromatic nitrogens is 2. The zero-order chi connectivity index (χ0) is 15.0. The summed E-state index contributed by atoms with van der Waals surface area (Å²) in [6.07, 6.45) is 2.56. The Kier molecular flexibility index (Phi) is 4.12. The minimum atomic E-state index is -0.0138. The lowest BCUT2D eigenvalue weighted by molar-refractivity contribution is 0.530. The smallest absolute Gasteiger partial charge is 0.259 e. The number of thioether (sulfide) groups is 1. The van der Waals surface area contributed by atoms with E-state index in [0.717, 1.165) is 28.1 Å². The molecule has 21 heavy (non-hydrogen) atoms. The van der Waals surface area contributed by atoms with E-state index >= 15 is 0 Å². The van der Waals surface area contributed by atoms with E-state index in [9.17, 15) is 4.79 Å². The van der Waals surface area contributed by atoms with Crippen LogP contribution in [0.1, 0.15) is 36.0 Å². The maximum Gasteiger partial charge on any atom is 0.259 e. The van der Waals surface area contributed by atoms with Crippen molar-refractivity contribution < 1.29 is 0 Å². The zero-order valence-corrected chi connectivity index (χ0v) is 14.3. The Hall–Kier alpha value is -0.850. The molecule has 0 saturated carbocycles. The predicted octanol–water partition coefficient (Wildman–Crippen LogP) is 2.98. The molecule has 3 heterocycles. The van der Waals surface area contributed by atoms with Crippen LogP contribution in [0, 0.1) is 13.8 Å². The van der Waals surface area contributed by atoms with Gasteiger partial charge >= 0.3 is 0 Å². The molecule has 2 aromatic rings. The van der Waals surface area contributed by atoms with Gasteiger partial charge in [0.1, 0.15) is 10.7 Å². The summed E-state index contributed by atoms with van der Waals surface area (Å²) in [5.74, 6) is 1.99. The molecule has 6 heteroatoms. The zero-order valence-electron chi connectivity index (χ0n) is 12.7. The second-order valence-electron chi connectivity index (χ2n) is 5.98. The van der Waals surface area contributed by atoms with Crippen molar-refractivity contribution in [2.45, 2.75) is 44.9 Å². The van der Waals surface area contributed by atoms with Crippen LogP contribution in [-0.4, -0.2) is 27.0 Å². The van der Waals surface area contributed by atoms with Crippen LogP contribution in [0.5, 0.6) is 0 Å². The van der Waals surface area contributed by atoms with Gasteiger partial charge < -0.3 is 10.3 Å². The summed E-state index contributed by atoms with van der Waals surface area (Å²) in [6, 6.07) is 0. The van der Waals surface area contributed by atoms with E-state index in [-0.39, 0.29) is 5.56 Å². The molecule has 2 N–H and O–H groups in total. The molecule has 114 valence electrons. The third-order valence-electron chi connectivity index (χ3n) is 4.18. The van der Waals surface area contributed by atoms with Gasteiger partial charge in [-0.05, 0) is 44.9 Å². The van der Waals surface area contributed by atoms with Crippen molar-refractivity contribution in [2.75, 3.05) is 12.3 Å². The van der Waals surface area contributed by atoms with E-state index in [1.165, 1.54) is 23.5 Å². The summed E-state index contributed by atoms with van der Waals surface area (Å²) in [6.45, 7) is 7.92. The van der Waals surface area contributed by atoms with Crippen LogP contribution in [-0.2, 0) is 6.54 Å². The van der Waals surface area contributed by atoms with E-state index < -0.39 is 0 Å². The van der Waals surface area contributed by atoms with Crippen LogP contribution < -0.4 is 10.9 Å². The lowest BCUT2D eigenvalue weighted by atomic mass is 10.1. The topological polar surface area (TPSA) is 57.8 Å². The highest BCUT2D eigenvalue weighted by Crippen LogP contribution is 2.37. The standard InChI is InChI=1S/C15H21N3OS2/c1-9-10(2)21-14-12(9)13(19)17-11(18-14)7-16-8-15(3)5-4-6-20-15/h16H,4-8H2,1-3H3,(H,17,18,19). The number of aromatic amines is 1. The highest BCUT2D eigenvalue weighted by Gasteiger charge is 2.28. The lowest BCUT2D eigenvalue weighted by Gasteiger charge is -2.22. The van der Waals surface area contributed by atoms with Crippen molar-refractivity contribution in [1.29, 1.82) is 0 Å². The third kappa shape index (κ3) is 3.03. The SMILES string of the molecule is Cc1sc2nc(CNCC3(C)CCCS3)[nH]c(=O)c2c1C. The van der Waals surface area contributed by atoms with Crippen LogP contribution in [0.15, 0.2) is 4.79 Å². The van der Waals surface area contributed by atoms with Gasteiger partial charge in [0.25, 0.3) is 5.56 Å². The number of hydrogen-bond acceptors (Lipinski definition) is 5. The van der Waals surface area contributed by atoms with Gasteiger partial charge in [-0.15, -0.1) is 11.3 Å². The average Bonchev–Trinajstić information content (AvgIpc) is 2.95. The number of aryl methyl sites for hydroxylation is 2. The molecular weight excluding hydrogens is 302 g/mol. The number of rotatable bonds is 4. The van der Waals surface area contributed by atoms with E-state index in [0.29, 0.717) is 11.3 Å². The summed E-state index contributed by atoms with van der Waals surface area (Å²) in [5.41, 5.74) is 1.04. The fourth-order valence-corrected chi connectivity index (χ4v) is 5.13. The normalized spacial score (nSPS) is 22.2. The molecular formula is C15H21N3OS2. The minimum absolute atomic E-state index is 0.0138. The molecule has 0 aromatic carbocycles. The van der Waals surface area contributed by atoms with Gasteiger partial charge in [0, 0.05) is 16.2 Å². The van der Waals surface area contributed by atoms with Crippen molar-refractivity contribution >= 4 is 33.3 Å². The lowest BCUT2D eigenvalue weighted by Crippen LogP contribution is -2.33. The van der Waals surface area contributed by atoms with E-state index in [2.05, 4.69) is 22.2 Å². The Labute approximate surface area is 132 Å². The average molecular weight is 323 g/mol. The van der Waals surface area contributed by atoms with Gasteiger partial charge in [0.05, 0.1) is 11.9 Å². The Balaban J connectivity index is 1.74. The Morgan fingerprint density at radius 1 is 1.43 bits per heavy atom. The van der Waals surface area contributed by atoms with Crippen LogP contribution in [0.25, 0.3) is 10.2 Å². The molecule has 3 rings (SSSR count). The first-order valence-electron chi connectivity index (χ1n) is 7.32. The van der Waals surface area contributed by atoms with Crippen molar-refractivity contribution in [3.63, 3.8) is 0 Å². The van der Waals surface area contributed by atoms with Gasteiger partial charge in [0.15, 0.2) is 0 Å². The molecule has 0 bridgehead atoms. The number of nitrogens with one attached hydrogen (secondary N) is 2. The van der Waals surface area contributed by atoms with Gasteiger partial charge in [-0.3, -0.25) is 4.79 Å². The number of H-pyrrole nitrogens is 1. The summed E-state index contributed by atoms with van der Waals surface area (Å²) in [7, 11) is 0. The molecule has 1 aliphatic heterocycles. The Bertz CT molecular complexity index is 714. The maximum absolute atomic E-state index is 12.2. The molecule has 1 saturated heterocycles. The predicted molar refractivity (Wildman–Crippen MR) is 91.5 cm³/mol. The first kappa shape index (κ1) is 15.1. The van der Waals surface area contributed by atoms with Crippen LogP contribution >= 0.6 is 23.1 Å². The third-order valence-corrected chi connectivity index (χ3v) is 6.82. The van der Waals surface area contributed by atoms with E-state index in [1.807, 2.05) is 25.6 Å². The Morgan fingerprint density at radius 2 is 2.24 bits per heavy atom. The van der Waals surface area contributed by atoms with Crippen LogP contribution in [0.3, 0.4) is 0 Å². The fourth-order valence-electron chi connectivity index (χ4n) is 2.80. The number of nitrogens with zero attached hydrogens (tertiary/aromatic N) is 1. The summed E-state index contributed by atoms with van der Waals surface area (Å²) in [4.78, 5) is 21.7. The molecule has 1 atom stereocenters. The number of hydrogen-bond donors (Lipinski definition) is 2. The highest BCUT2D eigenvalue weighted by molar-refractivity contribution is 8.00. The van der Waals surface area contributed by atoms with Gasteiger partial charge in [-0.1, -0.05) is 0 Å². The summed E-state index contributed by atoms with van der Waals surface area (Å²) >= 11 is 3.64. The van der Waals surface area contributed by atoms with Crippen molar-refractivity contribution in [1.82, 2.24) is 15.3 Å². The monoisotopic (exact) mass is 323 g/mol. The van der Waals surface area contributed by atoms with Crippen LogP contribution in [0.4, 0.5) is 0 Å². The molecule has 0 radical (unpaired) electrons. The van der Waals surface area contributed by atoms with Gasteiger partial charge in [-0.2, -0.15) is 11.8 Å². The summed E-state index contributed by atoms with van der Waals surface area (Å²) < 4.78 is 0.334.